The van der Waals surface area contributed by atoms with Crippen LogP contribution in [0, 0.1) is 0 Å². The Morgan fingerprint density at radius 1 is 1.38 bits per heavy atom. The third-order valence-corrected chi connectivity index (χ3v) is 4.16. The highest BCUT2D eigenvalue weighted by molar-refractivity contribution is 5.77. The number of aromatic nitrogens is 2. The predicted octanol–water partition coefficient (Wildman–Crippen LogP) is 1.60. The van der Waals surface area contributed by atoms with E-state index in [-0.39, 0.29) is 18.4 Å². The summed E-state index contributed by atoms with van der Waals surface area (Å²) in [6, 6.07) is 2.01. The molecule has 1 N–H and O–H groups in total. The molecule has 0 bridgehead atoms. The summed E-state index contributed by atoms with van der Waals surface area (Å²) in [6.45, 7) is 0.758. The van der Waals surface area contributed by atoms with E-state index in [0.717, 1.165) is 31.5 Å². The number of carbonyl (C=O) groups is 2. The van der Waals surface area contributed by atoms with Crippen LogP contribution in [0.4, 0.5) is 0 Å². The summed E-state index contributed by atoms with van der Waals surface area (Å²) in [6.07, 6.45) is 6.58. The number of carbonyl (C=O) groups excluding carboxylic acids is 1. The van der Waals surface area contributed by atoms with E-state index in [0.29, 0.717) is 19.3 Å². The standard InChI is InChI=1S/C15H23N3O3/c1-17-12(9-10-16-17)5-7-14(19)18-11-3-2-4-13(18)6-8-15(20)21/h9-10,13H,2-8,11H2,1H3,(H,20,21). The second kappa shape index (κ2) is 7.24. The van der Waals surface area contributed by atoms with Crippen LogP contribution in [0.5, 0.6) is 0 Å². The van der Waals surface area contributed by atoms with E-state index < -0.39 is 5.97 Å². The highest BCUT2D eigenvalue weighted by atomic mass is 16.4. The molecule has 0 aromatic carbocycles. The number of rotatable bonds is 6. The van der Waals surface area contributed by atoms with Crippen LogP contribution in [-0.4, -0.2) is 44.3 Å². The molecule has 2 rings (SSSR count). The van der Waals surface area contributed by atoms with E-state index in [9.17, 15) is 9.59 Å². The van der Waals surface area contributed by atoms with Gasteiger partial charge in [-0.3, -0.25) is 14.3 Å². The number of carboxylic acids is 1. The Balaban J connectivity index is 1.88. The number of aryl methyl sites for hydroxylation is 2. The van der Waals surface area contributed by atoms with Crippen molar-refractivity contribution in [2.75, 3.05) is 6.54 Å². The van der Waals surface area contributed by atoms with Gasteiger partial charge in [-0.2, -0.15) is 5.10 Å². The van der Waals surface area contributed by atoms with Crippen molar-refractivity contribution in [2.45, 2.75) is 51.0 Å². The summed E-state index contributed by atoms with van der Waals surface area (Å²) in [4.78, 5) is 25.0. The maximum absolute atomic E-state index is 12.4. The molecule has 21 heavy (non-hydrogen) atoms. The number of carboxylic acid groups (broad SMARTS) is 1. The van der Waals surface area contributed by atoms with Crippen LogP contribution in [-0.2, 0) is 23.1 Å². The van der Waals surface area contributed by atoms with Gasteiger partial charge in [0.15, 0.2) is 0 Å². The largest absolute Gasteiger partial charge is 0.481 e. The number of hydrogen-bond acceptors (Lipinski definition) is 3. The van der Waals surface area contributed by atoms with E-state index in [4.69, 9.17) is 5.11 Å². The first-order valence-electron chi connectivity index (χ1n) is 7.56. The number of nitrogens with zero attached hydrogens (tertiary/aromatic N) is 3. The monoisotopic (exact) mass is 293 g/mol. The predicted molar refractivity (Wildman–Crippen MR) is 77.8 cm³/mol. The van der Waals surface area contributed by atoms with Crippen LogP contribution in [0.2, 0.25) is 0 Å². The highest BCUT2D eigenvalue weighted by Crippen LogP contribution is 2.22. The minimum absolute atomic E-state index is 0.0916. The maximum atomic E-state index is 12.4. The number of hydrogen-bond donors (Lipinski definition) is 1. The van der Waals surface area contributed by atoms with Gasteiger partial charge in [-0.1, -0.05) is 0 Å². The maximum Gasteiger partial charge on any atom is 0.303 e. The average molecular weight is 293 g/mol. The van der Waals surface area contributed by atoms with Gasteiger partial charge in [0.2, 0.25) is 5.91 Å². The summed E-state index contributed by atoms with van der Waals surface area (Å²) in [5, 5.41) is 12.9. The lowest BCUT2D eigenvalue weighted by atomic mass is 9.97. The summed E-state index contributed by atoms with van der Waals surface area (Å²) >= 11 is 0. The Kier molecular flexibility index (Phi) is 5.36. The van der Waals surface area contributed by atoms with Crippen molar-refractivity contribution in [2.24, 2.45) is 7.05 Å². The first-order chi connectivity index (χ1) is 10.1. The van der Waals surface area contributed by atoms with E-state index in [1.165, 1.54) is 0 Å². The molecule has 1 atom stereocenters. The lowest BCUT2D eigenvalue weighted by molar-refractivity contribution is -0.140. The van der Waals surface area contributed by atoms with Gasteiger partial charge >= 0.3 is 5.97 Å². The van der Waals surface area contributed by atoms with E-state index >= 15 is 0 Å². The normalized spacial score (nSPS) is 18.7. The molecule has 1 aromatic heterocycles. The molecule has 1 aliphatic heterocycles. The molecule has 116 valence electrons. The van der Waals surface area contributed by atoms with Crippen molar-refractivity contribution in [3.8, 4) is 0 Å². The van der Waals surface area contributed by atoms with Gasteiger partial charge in [0.25, 0.3) is 0 Å². The number of piperidine rings is 1. The lowest BCUT2D eigenvalue weighted by Gasteiger charge is -2.35. The van der Waals surface area contributed by atoms with E-state index in [1.54, 1.807) is 10.9 Å². The third kappa shape index (κ3) is 4.31. The van der Waals surface area contributed by atoms with Gasteiger partial charge in [-0.05, 0) is 38.2 Å². The molecule has 1 aliphatic rings. The zero-order chi connectivity index (χ0) is 15.2. The van der Waals surface area contributed by atoms with Crippen LogP contribution < -0.4 is 0 Å². The first kappa shape index (κ1) is 15.5. The fourth-order valence-electron chi connectivity index (χ4n) is 2.94. The van der Waals surface area contributed by atoms with Crippen LogP contribution in [0.15, 0.2) is 12.3 Å². The second-order valence-electron chi connectivity index (χ2n) is 5.62. The van der Waals surface area contributed by atoms with E-state index in [1.807, 2.05) is 18.0 Å². The molecule has 1 aromatic rings. The van der Waals surface area contributed by atoms with Crippen LogP contribution in [0.25, 0.3) is 0 Å². The molecule has 2 heterocycles. The van der Waals surface area contributed by atoms with Crippen LogP contribution in [0.3, 0.4) is 0 Å². The Morgan fingerprint density at radius 2 is 2.19 bits per heavy atom. The zero-order valence-electron chi connectivity index (χ0n) is 12.5. The summed E-state index contributed by atoms with van der Waals surface area (Å²) < 4.78 is 1.78. The SMILES string of the molecule is Cn1nccc1CCC(=O)N1CCCCC1CCC(=O)O. The topological polar surface area (TPSA) is 75.4 Å². The smallest absolute Gasteiger partial charge is 0.303 e. The summed E-state index contributed by atoms with van der Waals surface area (Å²) in [7, 11) is 1.87. The first-order valence-corrected chi connectivity index (χ1v) is 7.56. The van der Waals surface area contributed by atoms with Gasteiger partial charge in [0.05, 0.1) is 0 Å². The molecule has 0 spiro atoms. The molecule has 0 radical (unpaired) electrons. The summed E-state index contributed by atoms with van der Waals surface area (Å²) in [5.41, 5.74) is 1.04. The lowest BCUT2D eigenvalue weighted by Crippen LogP contribution is -2.44. The number of aliphatic carboxylic acids is 1. The van der Waals surface area contributed by atoms with Gasteiger partial charge in [-0.15, -0.1) is 0 Å². The van der Waals surface area contributed by atoms with Crippen LogP contribution >= 0.6 is 0 Å². The second-order valence-corrected chi connectivity index (χ2v) is 5.62. The molecule has 1 amide bonds. The average Bonchev–Trinajstić information content (AvgIpc) is 2.88. The molecule has 0 aliphatic carbocycles. The Morgan fingerprint density at radius 3 is 2.86 bits per heavy atom. The molecular weight excluding hydrogens is 270 g/mol. The quantitative estimate of drug-likeness (QED) is 0.864. The molecular formula is C15H23N3O3. The van der Waals surface area contributed by atoms with Crippen molar-refractivity contribution >= 4 is 11.9 Å². The number of amides is 1. The van der Waals surface area contributed by atoms with Gasteiger partial charge in [-0.25, -0.2) is 0 Å². The van der Waals surface area contributed by atoms with Crippen molar-refractivity contribution in [3.63, 3.8) is 0 Å². The molecule has 1 saturated heterocycles. The van der Waals surface area contributed by atoms with E-state index in [2.05, 4.69) is 5.10 Å². The zero-order valence-corrected chi connectivity index (χ0v) is 12.5. The van der Waals surface area contributed by atoms with Gasteiger partial charge in [0.1, 0.15) is 0 Å². The van der Waals surface area contributed by atoms with Crippen molar-refractivity contribution in [1.29, 1.82) is 0 Å². The Hall–Kier alpha value is -1.85. The van der Waals surface area contributed by atoms with Gasteiger partial charge < -0.3 is 10.0 Å². The molecule has 1 fully saturated rings. The third-order valence-electron chi connectivity index (χ3n) is 4.16. The minimum Gasteiger partial charge on any atom is -0.481 e. The molecule has 0 saturated carbocycles. The van der Waals surface area contributed by atoms with Crippen molar-refractivity contribution in [1.82, 2.24) is 14.7 Å². The van der Waals surface area contributed by atoms with Crippen LogP contribution in [0.1, 0.15) is 44.2 Å². The molecule has 1 unspecified atom stereocenters. The Bertz CT molecular complexity index is 498. The molecule has 6 heteroatoms. The molecule has 6 nitrogen and oxygen atoms in total. The highest BCUT2D eigenvalue weighted by Gasteiger charge is 2.26. The van der Waals surface area contributed by atoms with Crippen molar-refractivity contribution < 1.29 is 14.7 Å². The fraction of sp³-hybridized carbons (Fsp3) is 0.667. The fourth-order valence-corrected chi connectivity index (χ4v) is 2.94. The Labute approximate surface area is 124 Å². The summed E-state index contributed by atoms with van der Waals surface area (Å²) in [5.74, 6) is -0.658. The number of likely N-dealkylation sites (tertiary alicyclic amines) is 1. The van der Waals surface area contributed by atoms with Gasteiger partial charge in [0, 0.05) is 44.4 Å². The minimum atomic E-state index is -0.789. The van der Waals surface area contributed by atoms with Crippen molar-refractivity contribution in [3.05, 3.63) is 18.0 Å².